The Hall–Kier alpha value is -2.89. The quantitative estimate of drug-likeness (QED) is 0.805. The van der Waals surface area contributed by atoms with Gasteiger partial charge in [0.25, 0.3) is 0 Å². The average Bonchev–Trinajstić information content (AvgIpc) is 3.30. The minimum Gasteiger partial charge on any atom is -0.408 e. The van der Waals surface area contributed by atoms with E-state index in [2.05, 4.69) is 5.32 Å². The summed E-state index contributed by atoms with van der Waals surface area (Å²) in [5.74, 6) is -0.948. The number of nitrogens with zero attached hydrogens (tertiary/aromatic N) is 1. The number of halogens is 1. The van der Waals surface area contributed by atoms with Crippen molar-refractivity contribution < 1.29 is 13.6 Å². The van der Waals surface area contributed by atoms with Crippen LogP contribution in [-0.2, 0) is 11.8 Å². The van der Waals surface area contributed by atoms with Gasteiger partial charge in [0.2, 0.25) is 5.91 Å². The molecule has 1 saturated carbocycles. The molecule has 1 aliphatic rings. The van der Waals surface area contributed by atoms with Crippen molar-refractivity contribution in [2.24, 2.45) is 13.0 Å². The summed E-state index contributed by atoms with van der Waals surface area (Å²) in [6, 6.07) is 11.5. The fourth-order valence-electron chi connectivity index (χ4n) is 3.04. The van der Waals surface area contributed by atoms with Gasteiger partial charge in [-0.15, -0.1) is 0 Å². The van der Waals surface area contributed by atoms with Crippen molar-refractivity contribution in [3.63, 3.8) is 0 Å². The highest BCUT2D eigenvalue weighted by atomic mass is 19.1. The maximum Gasteiger partial charge on any atom is 0.419 e. The van der Waals surface area contributed by atoms with Crippen molar-refractivity contribution in [1.82, 2.24) is 4.57 Å². The van der Waals surface area contributed by atoms with Gasteiger partial charge in [0, 0.05) is 24.7 Å². The summed E-state index contributed by atoms with van der Waals surface area (Å²) in [5.41, 5.74) is 2.52. The van der Waals surface area contributed by atoms with E-state index in [9.17, 15) is 14.0 Å². The number of carbonyl (C=O) groups excluding carboxylic acids is 1. The number of rotatable bonds is 3. The Morgan fingerprint density at radius 2 is 2.12 bits per heavy atom. The molecule has 0 aliphatic heterocycles. The maximum atomic E-state index is 13.3. The van der Waals surface area contributed by atoms with E-state index in [0.29, 0.717) is 23.2 Å². The molecule has 1 fully saturated rings. The van der Waals surface area contributed by atoms with E-state index in [-0.39, 0.29) is 23.6 Å². The second kappa shape index (κ2) is 5.33. The van der Waals surface area contributed by atoms with Crippen LogP contribution in [0, 0.1) is 11.7 Å². The van der Waals surface area contributed by atoms with Crippen LogP contribution < -0.4 is 11.1 Å². The highest BCUT2D eigenvalue weighted by Crippen LogP contribution is 2.48. The lowest BCUT2D eigenvalue weighted by Gasteiger charge is -2.05. The SMILES string of the molecule is Cn1c(=O)oc2cc(NC(=O)[C@@H]3C[C@H]3c3cccc(F)c3)ccc21. The molecule has 1 amide bonds. The van der Waals surface area contributed by atoms with Gasteiger partial charge >= 0.3 is 5.76 Å². The number of hydrogen-bond donors (Lipinski definition) is 1. The molecule has 3 aromatic rings. The zero-order chi connectivity index (χ0) is 16.8. The summed E-state index contributed by atoms with van der Waals surface area (Å²) in [7, 11) is 1.63. The van der Waals surface area contributed by atoms with E-state index >= 15 is 0 Å². The largest absolute Gasteiger partial charge is 0.419 e. The monoisotopic (exact) mass is 326 g/mol. The van der Waals surface area contributed by atoms with Gasteiger partial charge in [0.1, 0.15) is 5.82 Å². The Bertz CT molecular complexity index is 1000. The van der Waals surface area contributed by atoms with Crippen LogP contribution in [0.4, 0.5) is 10.1 Å². The van der Waals surface area contributed by atoms with Crippen molar-refractivity contribution in [3.8, 4) is 0 Å². The van der Waals surface area contributed by atoms with Gasteiger partial charge in [-0.05, 0) is 42.2 Å². The van der Waals surface area contributed by atoms with Crippen LogP contribution >= 0.6 is 0 Å². The predicted molar refractivity (Wildman–Crippen MR) is 87.3 cm³/mol. The molecule has 5 nitrogen and oxygen atoms in total. The molecular formula is C18H15FN2O3. The number of aromatic nitrogens is 1. The fraction of sp³-hybridized carbons (Fsp3) is 0.222. The van der Waals surface area contributed by atoms with Crippen LogP contribution in [0.1, 0.15) is 17.9 Å². The normalized spacial score (nSPS) is 19.4. The molecule has 6 heteroatoms. The molecule has 24 heavy (non-hydrogen) atoms. The van der Waals surface area contributed by atoms with E-state index in [1.807, 2.05) is 6.07 Å². The number of amides is 1. The summed E-state index contributed by atoms with van der Waals surface area (Å²) in [6.45, 7) is 0. The molecule has 122 valence electrons. The first-order chi connectivity index (χ1) is 11.5. The number of benzene rings is 2. The molecule has 1 heterocycles. The minimum absolute atomic E-state index is 0.0547. The van der Waals surface area contributed by atoms with Crippen molar-refractivity contribution in [2.75, 3.05) is 5.32 Å². The lowest BCUT2D eigenvalue weighted by atomic mass is 10.1. The first-order valence-corrected chi connectivity index (χ1v) is 7.69. The van der Waals surface area contributed by atoms with Crippen molar-refractivity contribution >= 4 is 22.7 Å². The second-order valence-electron chi connectivity index (χ2n) is 6.10. The molecule has 4 rings (SSSR count). The summed E-state index contributed by atoms with van der Waals surface area (Å²) in [4.78, 5) is 23.8. The van der Waals surface area contributed by atoms with E-state index in [1.165, 1.54) is 16.7 Å². The van der Waals surface area contributed by atoms with Gasteiger partial charge < -0.3 is 9.73 Å². The number of anilines is 1. The van der Waals surface area contributed by atoms with Crippen LogP contribution in [0.25, 0.3) is 11.1 Å². The molecule has 0 bridgehead atoms. The predicted octanol–water partition coefficient (Wildman–Crippen LogP) is 3.01. The Balaban J connectivity index is 1.50. The summed E-state index contributed by atoms with van der Waals surface area (Å²) >= 11 is 0. The van der Waals surface area contributed by atoms with E-state index < -0.39 is 5.76 Å². The fourth-order valence-corrected chi connectivity index (χ4v) is 3.04. The van der Waals surface area contributed by atoms with Gasteiger partial charge in [-0.25, -0.2) is 9.18 Å². The Morgan fingerprint density at radius 3 is 2.92 bits per heavy atom. The molecule has 1 aromatic heterocycles. The number of fused-ring (bicyclic) bond motifs is 1. The smallest absolute Gasteiger partial charge is 0.408 e. The lowest BCUT2D eigenvalue weighted by Crippen LogP contribution is -2.14. The number of oxazole rings is 1. The van der Waals surface area contributed by atoms with Crippen LogP contribution in [0.2, 0.25) is 0 Å². The molecule has 0 spiro atoms. The molecule has 2 aromatic carbocycles. The van der Waals surface area contributed by atoms with Gasteiger partial charge in [0.15, 0.2) is 5.58 Å². The van der Waals surface area contributed by atoms with Crippen molar-refractivity contribution in [1.29, 1.82) is 0 Å². The van der Waals surface area contributed by atoms with Gasteiger partial charge in [-0.1, -0.05) is 12.1 Å². The zero-order valence-corrected chi connectivity index (χ0v) is 13.0. The summed E-state index contributed by atoms with van der Waals surface area (Å²) < 4.78 is 19.8. The van der Waals surface area contributed by atoms with E-state index in [1.54, 1.807) is 31.3 Å². The van der Waals surface area contributed by atoms with Crippen LogP contribution in [0.3, 0.4) is 0 Å². The zero-order valence-electron chi connectivity index (χ0n) is 13.0. The molecular weight excluding hydrogens is 311 g/mol. The highest BCUT2D eigenvalue weighted by molar-refractivity contribution is 5.96. The first-order valence-electron chi connectivity index (χ1n) is 7.69. The Kier molecular flexibility index (Phi) is 3.26. The molecule has 0 radical (unpaired) electrons. The Labute approximate surface area is 136 Å². The summed E-state index contributed by atoms with van der Waals surface area (Å²) in [6.07, 6.45) is 0.706. The number of carbonyl (C=O) groups is 1. The first kappa shape index (κ1) is 14.7. The number of hydrogen-bond acceptors (Lipinski definition) is 3. The van der Waals surface area contributed by atoms with Gasteiger partial charge in [0.05, 0.1) is 5.52 Å². The molecule has 1 N–H and O–H groups in total. The lowest BCUT2D eigenvalue weighted by molar-refractivity contribution is -0.117. The third kappa shape index (κ3) is 2.50. The second-order valence-corrected chi connectivity index (χ2v) is 6.10. The third-order valence-corrected chi connectivity index (χ3v) is 4.46. The molecule has 2 atom stereocenters. The average molecular weight is 326 g/mol. The van der Waals surface area contributed by atoms with Crippen molar-refractivity contribution in [2.45, 2.75) is 12.3 Å². The van der Waals surface area contributed by atoms with Gasteiger partial charge in [-0.3, -0.25) is 9.36 Å². The standard InChI is InChI=1S/C18H15FN2O3/c1-21-15-6-5-12(8-16(15)24-18(21)23)20-17(22)14-9-13(14)10-3-2-4-11(19)7-10/h2-8,13-14H,9H2,1H3,(H,20,22)/t13-,14+/m0/s1. The molecule has 0 saturated heterocycles. The van der Waals surface area contributed by atoms with E-state index in [4.69, 9.17) is 4.42 Å². The maximum absolute atomic E-state index is 13.3. The minimum atomic E-state index is -0.443. The number of aryl methyl sites for hydroxylation is 1. The topological polar surface area (TPSA) is 64.2 Å². The van der Waals surface area contributed by atoms with Crippen LogP contribution in [0.15, 0.2) is 51.7 Å². The van der Waals surface area contributed by atoms with Crippen molar-refractivity contribution in [3.05, 3.63) is 64.4 Å². The van der Waals surface area contributed by atoms with Gasteiger partial charge in [-0.2, -0.15) is 0 Å². The third-order valence-electron chi connectivity index (χ3n) is 4.46. The molecule has 1 aliphatic carbocycles. The number of nitrogens with one attached hydrogen (secondary N) is 1. The summed E-state index contributed by atoms with van der Waals surface area (Å²) in [5, 5.41) is 2.84. The van der Waals surface area contributed by atoms with Crippen LogP contribution in [0.5, 0.6) is 0 Å². The highest BCUT2D eigenvalue weighted by Gasteiger charge is 2.44. The van der Waals surface area contributed by atoms with E-state index in [0.717, 1.165) is 5.56 Å². The molecule has 0 unspecified atom stereocenters. The Morgan fingerprint density at radius 1 is 1.29 bits per heavy atom. The van der Waals surface area contributed by atoms with Crippen LogP contribution in [-0.4, -0.2) is 10.5 Å².